The molecule has 0 aromatic heterocycles. The van der Waals surface area contributed by atoms with E-state index in [0.717, 1.165) is 18.9 Å². The van der Waals surface area contributed by atoms with Crippen LogP contribution in [0, 0.1) is 5.92 Å². The van der Waals surface area contributed by atoms with Crippen molar-refractivity contribution in [1.29, 1.82) is 0 Å². The molecule has 0 unspecified atom stereocenters. The molecule has 102 valence electrons. The van der Waals surface area contributed by atoms with Crippen LogP contribution < -0.4 is 5.32 Å². The van der Waals surface area contributed by atoms with Crippen LogP contribution in [-0.2, 0) is 9.84 Å². The Morgan fingerprint density at radius 3 is 2.47 bits per heavy atom. The Hall–Kier alpha value is -0.130. The number of nitrogens with zero attached hydrogens (tertiary/aromatic N) is 1. The standard InChI is InChI=1S/C12H26N2O2S/c1-3-9-17(15,16)10-6-13-11-12-4-7-14(2)8-5-12/h12-13H,3-11H2,1-2H3. The first-order valence-electron chi connectivity index (χ1n) is 6.63. The first-order valence-corrected chi connectivity index (χ1v) is 8.45. The van der Waals surface area contributed by atoms with Gasteiger partial charge in [-0.25, -0.2) is 8.42 Å². The van der Waals surface area contributed by atoms with E-state index in [1.165, 1.54) is 25.9 Å². The van der Waals surface area contributed by atoms with Crippen molar-refractivity contribution in [2.24, 2.45) is 5.92 Å². The molecule has 0 atom stereocenters. The zero-order valence-corrected chi connectivity index (χ0v) is 11.9. The van der Waals surface area contributed by atoms with E-state index in [1.54, 1.807) is 0 Å². The van der Waals surface area contributed by atoms with Crippen molar-refractivity contribution < 1.29 is 8.42 Å². The zero-order valence-electron chi connectivity index (χ0n) is 11.1. The summed E-state index contributed by atoms with van der Waals surface area (Å²) in [4.78, 5) is 2.35. The number of sulfone groups is 1. The molecule has 1 aliphatic heterocycles. The fourth-order valence-electron chi connectivity index (χ4n) is 2.21. The third-order valence-corrected chi connectivity index (χ3v) is 5.23. The van der Waals surface area contributed by atoms with E-state index in [1.807, 2.05) is 6.92 Å². The first-order chi connectivity index (χ1) is 8.03. The van der Waals surface area contributed by atoms with E-state index in [2.05, 4.69) is 17.3 Å². The number of piperidine rings is 1. The van der Waals surface area contributed by atoms with E-state index in [4.69, 9.17) is 0 Å². The molecule has 0 spiro atoms. The van der Waals surface area contributed by atoms with E-state index in [0.29, 0.717) is 12.3 Å². The van der Waals surface area contributed by atoms with E-state index in [9.17, 15) is 8.42 Å². The van der Waals surface area contributed by atoms with Crippen LogP contribution in [-0.4, -0.2) is 58.1 Å². The third-order valence-electron chi connectivity index (χ3n) is 3.38. The van der Waals surface area contributed by atoms with E-state index in [-0.39, 0.29) is 5.75 Å². The van der Waals surface area contributed by atoms with Gasteiger partial charge in [0, 0.05) is 12.3 Å². The fourth-order valence-corrected chi connectivity index (χ4v) is 3.49. The minimum atomic E-state index is -2.81. The lowest BCUT2D eigenvalue weighted by molar-refractivity contribution is 0.217. The molecule has 1 aliphatic rings. The second-order valence-electron chi connectivity index (χ2n) is 5.10. The lowest BCUT2D eigenvalue weighted by Crippen LogP contribution is -2.36. The molecule has 1 N–H and O–H groups in total. The van der Waals surface area contributed by atoms with Crippen LogP contribution in [0.5, 0.6) is 0 Å². The van der Waals surface area contributed by atoms with Crippen LogP contribution in [0.4, 0.5) is 0 Å². The van der Waals surface area contributed by atoms with Crippen LogP contribution in [0.3, 0.4) is 0 Å². The number of nitrogens with one attached hydrogen (secondary N) is 1. The SMILES string of the molecule is CCCS(=O)(=O)CCNCC1CCN(C)CC1. The topological polar surface area (TPSA) is 49.4 Å². The average molecular weight is 262 g/mol. The number of rotatable bonds is 7. The van der Waals surface area contributed by atoms with Gasteiger partial charge < -0.3 is 10.2 Å². The summed E-state index contributed by atoms with van der Waals surface area (Å²) in [6.45, 7) is 5.81. The van der Waals surface area contributed by atoms with Crippen molar-refractivity contribution in [1.82, 2.24) is 10.2 Å². The van der Waals surface area contributed by atoms with Crippen molar-refractivity contribution in [3.8, 4) is 0 Å². The molecule has 1 rings (SSSR count). The van der Waals surface area contributed by atoms with Gasteiger partial charge in [0.25, 0.3) is 0 Å². The molecular formula is C12H26N2O2S. The number of likely N-dealkylation sites (tertiary alicyclic amines) is 1. The summed E-state index contributed by atoms with van der Waals surface area (Å²) in [7, 11) is -0.660. The van der Waals surface area contributed by atoms with Crippen LogP contribution in [0.25, 0.3) is 0 Å². The summed E-state index contributed by atoms with van der Waals surface area (Å²) in [5, 5.41) is 3.29. The summed E-state index contributed by atoms with van der Waals surface area (Å²) < 4.78 is 23.0. The predicted octanol–water partition coefficient (Wildman–Crippen LogP) is 0.743. The molecule has 1 saturated heterocycles. The summed E-state index contributed by atoms with van der Waals surface area (Å²) in [5.41, 5.74) is 0. The fraction of sp³-hybridized carbons (Fsp3) is 1.00. The Labute approximate surface area is 106 Å². The maximum Gasteiger partial charge on any atom is 0.151 e. The van der Waals surface area contributed by atoms with Crippen molar-refractivity contribution in [2.75, 3.05) is 44.7 Å². The van der Waals surface area contributed by atoms with Gasteiger partial charge in [-0.1, -0.05) is 6.92 Å². The van der Waals surface area contributed by atoms with Gasteiger partial charge in [0.2, 0.25) is 0 Å². The van der Waals surface area contributed by atoms with E-state index < -0.39 is 9.84 Å². The maximum atomic E-state index is 11.5. The van der Waals surface area contributed by atoms with Crippen LogP contribution >= 0.6 is 0 Å². The molecule has 17 heavy (non-hydrogen) atoms. The molecule has 1 fully saturated rings. The van der Waals surface area contributed by atoms with Crippen molar-refractivity contribution in [3.63, 3.8) is 0 Å². The molecule has 1 heterocycles. The molecule has 5 heteroatoms. The highest BCUT2D eigenvalue weighted by atomic mass is 32.2. The van der Waals surface area contributed by atoms with Gasteiger partial charge in [0.1, 0.15) is 0 Å². The number of hydrogen-bond acceptors (Lipinski definition) is 4. The minimum absolute atomic E-state index is 0.285. The molecule has 0 radical (unpaired) electrons. The van der Waals surface area contributed by atoms with Crippen molar-refractivity contribution in [2.45, 2.75) is 26.2 Å². The van der Waals surface area contributed by atoms with Crippen LogP contribution in [0.1, 0.15) is 26.2 Å². The Bertz CT molecular complexity index is 296. The van der Waals surface area contributed by atoms with Gasteiger partial charge in [-0.2, -0.15) is 0 Å². The Balaban J connectivity index is 2.08. The lowest BCUT2D eigenvalue weighted by Gasteiger charge is -2.29. The van der Waals surface area contributed by atoms with Crippen molar-refractivity contribution >= 4 is 9.84 Å². The quantitative estimate of drug-likeness (QED) is 0.688. The summed E-state index contributed by atoms with van der Waals surface area (Å²) in [6, 6.07) is 0. The molecule has 0 aromatic carbocycles. The largest absolute Gasteiger partial charge is 0.315 e. The van der Waals surface area contributed by atoms with Crippen LogP contribution in [0.2, 0.25) is 0 Å². The van der Waals surface area contributed by atoms with Gasteiger partial charge in [-0.15, -0.1) is 0 Å². The summed E-state index contributed by atoms with van der Waals surface area (Å²) in [6.07, 6.45) is 3.17. The Morgan fingerprint density at radius 1 is 1.24 bits per heavy atom. The normalized spacial score (nSPS) is 19.6. The average Bonchev–Trinajstić information content (AvgIpc) is 2.27. The molecule has 0 aliphatic carbocycles. The molecule has 4 nitrogen and oxygen atoms in total. The van der Waals surface area contributed by atoms with Gasteiger partial charge in [0.05, 0.1) is 5.75 Å². The van der Waals surface area contributed by atoms with Crippen molar-refractivity contribution in [3.05, 3.63) is 0 Å². The highest BCUT2D eigenvalue weighted by Crippen LogP contribution is 2.14. The zero-order chi connectivity index (χ0) is 12.7. The summed E-state index contributed by atoms with van der Waals surface area (Å²) >= 11 is 0. The van der Waals surface area contributed by atoms with Gasteiger partial charge >= 0.3 is 0 Å². The first kappa shape index (κ1) is 14.9. The molecule has 0 aromatic rings. The third kappa shape index (κ3) is 6.38. The Morgan fingerprint density at radius 2 is 1.88 bits per heavy atom. The number of hydrogen-bond donors (Lipinski definition) is 1. The monoisotopic (exact) mass is 262 g/mol. The molecule has 0 saturated carbocycles. The molecule has 0 amide bonds. The summed E-state index contributed by atoms with van der Waals surface area (Å²) in [5.74, 6) is 1.33. The van der Waals surface area contributed by atoms with E-state index >= 15 is 0 Å². The van der Waals surface area contributed by atoms with Gasteiger partial charge in [-0.05, 0) is 51.9 Å². The smallest absolute Gasteiger partial charge is 0.151 e. The second kappa shape index (κ2) is 7.34. The second-order valence-corrected chi connectivity index (χ2v) is 7.41. The lowest BCUT2D eigenvalue weighted by atomic mass is 9.97. The predicted molar refractivity (Wildman–Crippen MR) is 72.0 cm³/mol. The highest BCUT2D eigenvalue weighted by molar-refractivity contribution is 7.91. The minimum Gasteiger partial charge on any atom is -0.315 e. The molecule has 0 bridgehead atoms. The van der Waals surface area contributed by atoms with Gasteiger partial charge in [0.15, 0.2) is 9.84 Å². The van der Waals surface area contributed by atoms with Gasteiger partial charge in [-0.3, -0.25) is 0 Å². The molecular weight excluding hydrogens is 236 g/mol. The van der Waals surface area contributed by atoms with Crippen LogP contribution in [0.15, 0.2) is 0 Å². The Kier molecular flexibility index (Phi) is 6.44. The maximum absolute atomic E-state index is 11.5. The highest BCUT2D eigenvalue weighted by Gasteiger charge is 2.16.